The number of carbonyl (C=O) groups is 2. The topological polar surface area (TPSA) is 75.6 Å². The van der Waals surface area contributed by atoms with E-state index in [-0.39, 0.29) is 6.42 Å². The highest BCUT2D eigenvalue weighted by Crippen LogP contribution is 2.19. The second kappa shape index (κ2) is 6.96. The van der Waals surface area contributed by atoms with Crippen LogP contribution in [0.25, 0.3) is 0 Å². The summed E-state index contributed by atoms with van der Waals surface area (Å²) >= 11 is 0. The van der Waals surface area contributed by atoms with Crippen LogP contribution < -0.4 is 5.32 Å². The normalized spacial score (nSPS) is 14.3. The Labute approximate surface area is 133 Å². The molecule has 2 N–H and O–H groups in total. The molecule has 0 aliphatic carbocycles. The molecule has 0 saturated carbocycles. The fourth-order valence-corrected chi connectivity index (χ4v) is 3.72. The first-order valence-corrected chi connectivity index (χ1v) is 10.2. The van der Waals surface area contributed by atoms with Crippen molar-refractivity contribution in [3.63, 3.8) is 0 Å². The van der Waals surface area contributed by atoms with Gasteiger partial charge in [-0.05, 0) is 26.3 Å². The summed E-state index contributed by atoms with van der Waals surface area (Å²) in [5.74, 6) is -1.01. The number of carboxylic acid groups (broad SMARTS) is 1. The van der Waals surface area contributed by atoms with Crippen LogP contribution in [0.1, 0.15) is 26.3 Å². The summed E-state index contributed by atoms with van der Waals surface area (Å²) in [5, 5.41) is 11.1. The maximum atomic E-state index is 12.1. The lowest BCUT2D eigenvalue weighted by Gasteiger charge is -2.34. The zero-order valence-electron chi connectivity index (χ0n) is 13.8. The fraction of sp³-hybridized carbons (Fsp3) is 0.500. The summed E-state index contributed by atoms with van der Waals surface area (Å²) in [7, 11) is -1.78. The minimum Gasteiger partial charge on any atom is -0.480 e. The van der Waals surface area contributed by atoms with Gasteiger partial charge in [0.05, 0.1) is 8.80 Å². The van der Waals surface area contributed by atoms with E-state index in [1.807, 2.05) is 43.4 Å². The maximum Gasteiger partial charge on any atom is 0.408 e. The second-order valence-electron chi connectivity index (χ2n) is 6.72. The Morgan fingerprint density at radius 1 is 1.18 bits per heavy atom. The predicted molar refractivity (Wildman–Crippen MR) is 88.8 cm³/mol. The Bertz CT molecular complexity index is 525. The van der Waals surface area contributed by atoms with E-state index in [2.05, 4.69) is 5.32 Å². The Balaban J connectivity index is 3.06. The molecule has 0 aliphatic rings. The van der Waals surface area contributed by atoms with Gasteiger partial charge < -0.3 is 15.2 Å². The molecule has 0 aliphatic heterocycles. The van der Waals surface area contributed by atoms with E-state index in [1.165, 1.54) is 0 Å². The van der Waals surface area contributed by atoms with Crippen LogP contribution in [0, 0.1) is 0 Å². The molecular formula is C16H25NO4Si. The van der Waals surface area contributed by atoms with Gasteiger partial charge in [0, 0.05) is 6.42 Å². The first-order chi connectivity index (χ1) is 10.1. The second-order valence-corrected chi connectivity index (χ2v) is 10.0. The van der Waals surface area contributed by atoms with Gasteiger partial charge >= 0.3 is 12.1 Å². The molecule has 1 unspecified atom stereocenters. The molecule has 5 nitrogen and oxygen atoms in total. The van der Waals surface area contributed by atoms with Gasteiger partial charge in [0.25, 0.3) is 0 Å². The lowest BCUT2D eigenvalue weighted by atomic mass is 10.1. The Kier molecular flexibility index (Phi) is 5.76. The molecule has 0 heterocycles. The lowest BCUT2D eigenvalue weighted by Crippen LogP contribution is -2.64. The van der Waals surface area contributed by atoms with E-state index in [1.54, 1.807) is 20.8 Å². The Morgan fingerprint density at radius 2 is 1.73 bits per heavy atom. The third-order valence-electron chi connectivity index (χ3n) is 3.42. The highest BCUT2D eigenvalue weighted by molar-refractivity contribution is 6.64. The maximum absolute atomic E-state index is 12.1. The molecule has 0 fully saturated rings. The van der Waals surface area contributed by atoms with E-state index in [0.29, 0.717) is 0 Å². The molecule has 0 spiro atoms. The average molecular weight is 323 g/mol. The van der Waals surface area contributed by atoms with Gasteiger partial charge in [-0.15, -0.1) is 0 Å². The lowest BCUT2D eigenvalue weighted by molar-refractivity contribution is -0.141. The number of nitrogens with one attached hydrogen (secondary N) is 1. The van der Waals surface area contributed by atoms with E-state index < -0.39 is 31.6 Å². The highest BCUT2D eigenvalue weighted by Gasteiger charge is 2.44. The molecule has 1 rings (SSSR count). The third kappa shape index (κ3) is 4.87. The van der Waals surface area contributed by atoms with Gasteiger partial charge in [-0.25, -0.2) is 4.79 Å². The number of benzene rings is 1. The minimum atomic E-state index is -1.78. The number of aliphatic carboxylic acids is 1. The zero-order valence-corrected chi connectivity index (χ0v) is 15.0. The van der Waals surface area contributed by atoms with Crippen molar-refractivity contribution in [3.05, 3.63) is 35.9 Å². The Hall–Kier alpha value is -1.82. The largest absolute Gasteiger partial charge is 0.480 e. The predicted octanol–water partition coefficient (Wildman–Crippen LogP) is 2.60. The molecule has 1 amide bonds. The smallest absolute Gasteiger partial charge is 0.408 e. The molecule has 0 radical (unpaired) electrons. The third-order valence-corrected chi connectivity index (χ3v) is 5.98. The molecule has 0 saturated heterocycles. The first kappa shape index (κ1) is 18.2. The molecule has 6 heteroatoms. The van der Waals surface area contributed by atoms with Gasteiger partial charge in [-0.1, -0.05) is 43.4 Å². The molecule has 22 heavy (non-hydrogen) atoms. The van der Waals surface area contributed by atoms with Crippen LogP contribution in [0.5, 0.6) is 0 Å². The molecule has 1 aromatic carbocycles. The summed E-state index contributed by atoms with van der Waals surface area (Å²) < 4.78 is 5.24. The molecular weight excluding hydrogens is 298 g/mol. The summed E-state index contributed by atoms with van der Waals surface area (Å²) in [6, 6.07) is 9.32. The number of hydrogen-bond donors (Lipinski definition) is 2. The molecule has 0 bridgehead atoms. The molecule has 1 aromatic rings. The van der Waals surface area contributed by atoms with Crippen molar-refractivity contribution in [1.29, 1.82) is 0 Å². The van der Waals surface area contributed by atoms with E-state index in [4.69, 9.17) is 4.74 Å². The van der Waals surface area contributed by atoms with Crippen molar-refractivity contribution in [2.75, 3.05) is 0 Å². The molecule has 0 aromatic heterocycles. The van der Waals surface area contributed by atoms with E-state index >= 15 is 0 Å². The number of alkyl carbamates (subject to hydrolysis) is 1. The van der Waals surface area contributed by atoms with Crippen LogP contribution in [0.15, 0.2) is 30.3 Å². The summed E-state index contributed by atoms with van der Waals surface area (Å²) in [6.45, 7) is 9.07. The van der Waals surface area contributed by atoms with Crippen LogP contribution in [0.4, 0.5) is 4.79 Å². The van der Waals surface area contributed by atoms with E-state index in [9.17, 15) is 14.7 Å². The highest BCUT2D eigenvalue weighted by atomic mass is 28.3. The summed E-state index contributed by atoms with van der Waals surface area (Å²) in [4.78, 5) is 24.0. The van der Waals surface area contributed by atoms with Crippen LogP contribution in [-0.4, -0.2) is 36.7 Å². The number of carboxylic acids is 1. The number of amides is 1. The standard InChI is InChI=1S/C16H25NO4Si/c1-15(2,3)21-14(20)17-16(13(18)19,22(4)5)11-12-9-7-6-8-10-12/h6-10,22H,11H2,1-5H3,(H,17,20)(H,18,19). The summed E-state index contributed by atoms with van der Waals surface area (Å²) in [6.07, 6.45) is -0.432. The number of carbonyl (C=O) groups excluding carboxylic acids is 1. The average Bonchev–Trinajstić information content (AvgIpc) is 2.36. The van der Waals surface area contributed by atoms with Crippen LogP contribution in [0.2, 0.25) is 13.1 Å². The van der Waals surface area contributed by atoms with Crippen molar-refractivity contribution in [3.8, 4) is 0 Å². The van der Waals surface area contributed by atoms with Crippen LogP contribution in [0.3, 0.4) is 0 Å². The quantitative estimate of drug-likeness (QED) is 0.817. The first-order valence-electron chi connectivity index (χ1n) is 7.35. The van der Waals surface area contributed by atoms with Crippen molar-refractivity contribution in [1.82, 2.24) is 5.32 Å². The molecule has 1 atom stereocenters. The van der Waals surface area contributed by atoms with Gasteiger partial charge in [0.15, 0.2) is 0 Å². The van der Waals surface area contributed by atoms with E-state index in [0.717, 1.165) is 5.56 Å². The van der Waals surface area contributed by atoms with Crippen LogP contribution in [-0.2, 0) is 16.0 Å². The zero-order chi connectivity index (χ0) is 17.0. The summed E-state index contributed by atoms with van der Waals surface area (Å²) in [5.41, 5.74) is 0.210. The minimum absolute atomic E-state index is 0.256. The number of hydrogen-bond acceptors (Lipinski definition) is 3. The Morgan fingerprint density at radius 3 is 2.14 bits per heavy atom. The van der Waals surface area contributed by atoms with Gasteiger partial charge in [0.2, 0.25) is 0 Å². The van der Waals surface area contributed by atoms with Crippen molar-refractivity contribution in [2.24, 2.45) is 0 Å². The monoisotopic (exact) mass is 323 g/mol. The molecule has 122 valence electrons. The van der Waals surface area contributed by atoms with Gasteiger partial charge in [-0.2, -0.15) is 0 Å². The van der Waals surface area contributed by atoms with Gasteiger partial charge in [-0.3, -0.25) is 4.79 Å². The fourth-order valence-electron chi connectivity index (χ4n) is 2.17. The SMILES string of the molecule is C[SiH](C)C(Cc1ccccc1)(NC(=O)OC(C)(C)C)C(=O)O. The number of rotatable bonds is 5. The van der Waals surface area contributed by atoms with Crippen molar-refractivity contribution >= 4 is 20.9 Å². The van der Waals surface area contributed by atoms with Crippen molar-refractivity contribution < 1.29 is 19.4 Å². The van der Waals surface area contributed by atoms with Gasteiger partial charge in [0.1, 0.15) is 10.8 Å². The van der Waals surface area contributed by atoms with Crippen LogP contribution >= 0.6 is 0 Å². The van der Waals surface area contributed by atoms with Crippen molar-refractivity contribution in [2.45, 2.75) is 51.0 Å². The number of ether oxygens (including phenoxy) is 1.